The van der Waals surface area contributed by atoms with Crippen LogP contribution in [0.25, 0.3) is 0 Å². The van der Waals surface area contributed by atoms with E-state index in [1.165, 1.54) is 4.31 Å². The Balaban J connectivity index is 1.65. The molecule has 0 atom stereocenters. The van der Waals surface area contributed by atoms with E-state index in [1.807, 2.05) is 56.3 Å². The molecule has 0 aliphatic carbocycles. The normalized spacial score (nSPS) is 13.6. The van der Waals surface area contributed by atoms with Crippen LogP contribution in [0, 0.1) is 13.8 Å². The van der Waals surface area contributed by atoms with Crippen molar-refractivity contribution in [2.45, 2.75) is 26.7 Å². The van der Waals surface area contributed by atoms with Crippen LogP contribution in [0.3, 0.4) is 0 Å². The highest BCUT2D eigenvalue weighted by atomic mass is 32.2. The maximum atomic E-state index is 12.6. The SMILES string of the molecule is Cc1cccc(NC(=O)CCS(=O)(=O)N2CCc3ccccc32)c1C. The van der Waals surface area contributed by atoms with Crippen molar-refractivity contribution in [3.8, 4) is 0 Å². The van der Waals surface area contributed by atoms with Gasteiger partial charge in [-0.05, 0) is 49.1 Å². The molecule has 25 heavy (non-hydrogen) atoms. The van der Waals surface area contributed by atoms with E-state index in [4.69, 9.17) is 0 Å². The van der Waals surface area contributed by atoms with Gasteiger partial charge < -0.3 is 5.32 Å². The molecule has 6 heteroatoms. The number of para-hydroxylation sites is 1. The molecule has 132 valence electrons. The van der Waals surface area contributed by atoms with E-state index < -0.39 is 10.0 Å². The Morgan fingerprint density at radius 3 is 2.68 bits per heavy atom. The van der Waals surface area contributed by atoms with Crippen molar-refractivity contribution in [1.82, 2.24) is 0 Å². The summed E-state index contributed by atoms with van der Waals surface area (Å²) in [7, 11) is -3.51. The molecule has 0 radical (unpaired) electrons. The van der Waals surface area contributed by atoms with Crippen LogP contribution in [-0.2, 0) is 21.2 Å². The van der Waals surface area contributed by atoms with E-state index >= 15 is 0 Å². The predicted octanol–water partition coefficient (Wildman–Crippen LogP) is 3.02. The average Bonchev–Trinajstić information content (AvgIpc) is 3.02. The van der Waals surface area contributed by atoms with Gasteiger partial charge >= 0.3 is 0 Å². The largest absolute Gasteiger partial charge is 0.326 e. The van der Waals surface area contributed by atoms with Crippen molar-refractivity contribution in [3.63, 3.8) is 0 Å². The maximum Gasteiger partial charge on any atom is 0.235 e. The summed E-state index contributed by atoms with van der Waals surface area (Å²) in [5, 5.41) is 2.81. The molecule has 0 bridgehead atoms. The standard InChI is InChI=1S/C19H22N2O3S/c1-14-6-5-8-17(15(14)2)20-19(22)11-13-25(23,24)21-12-10-16-7-3-4-9-18(16)21/h3-9H,10-13H2,1-2H3,(H,20,22). The minimum atomic E-state index is -3.51. The third kappa shape index (κ3) is 3.69. The summed E-state index contributed by atoms with van der Waals surface area (Å²) in [5.41, 5.74) is 4.57. The van der Waals surface area contributed by atoms with E-state index in [0.717, 1.165) is 28.1 Å². The molecule has 0 unspecified atom stereocenters. The van der Waals surface area contributed by atoms with E-state index in [1.54, 1.807) is 0 Å². The quantitative estimate of drug-likeness (QED) is 0.893. The minimum absolute atomic E-state index is 0.0611. The van der Waals surface area contributed by atoms with Crippen molar-refractivity contribution in [1.29, 1.82) is 0 Å². The van der Waals surface area contributed by atoms with E-state index in [9.17, 15) is 13.2 Å². The fourth-order valence-corrected chi connectivity index (χ4v) is 4.54. The summed E-state index contributed by atoms with van der Waals surface area (Å²) in [5.74, 6) is -0.484. The molecule has 0 spiro atoms. The van der Waals surface area contributed by atoms with Gasteiger partial charge in [-0.2, -0.15) is 0 Å². The number of carbonyl (C=O) groups excluding carboxylic acids is 1. The van der Waals surface area contributed by atoms with Crippen molar-refractivity contribution in [2.75, 3.05) is 21.9 Å². The number of anilines is 2. The number of nitrogens with zero attached hydrogens (tertiary/aromatic N) is 1. The molecule has 0 fully saturated rings. The molecular formula is C19H22N2O3S. The predicted molar refractivity (Wildman–Crippen MR) is 100 cm³/mol. The van der Waals surface area contributed by atoms with Crippen LogP contribution in [0.15, 0.2) is 42.5 Å². The molecular weight excluding hydrogens is 336 g/mol. The topological polar surface area (TPSA) is 66.5 Å². The first-order chi connectivity index (χ1) is 11.9. The van der Waals surface area contributed by atoms with Crippen LogP contribution < -0.4 is 9.62 Å². The number of hydrogen-bond donors (Lipinski definition) is 1. The van der Waals surface area contributed by atoms with Gasteiger partial charge in [-0.15, -0.1) is 0 Å². The summed E-state index contributed by atoms with van der Waals surface area (Å²) in [4.78, 5) is 12.2. The average molecular weight is 358 g/mol. The van der Waals surface area contributed by atoms with Gasteiger partial charge in [0.05, 0.1) is 11.4 Å². The van der Waals surface area contributed by atoms with Gasteiger partial charge in [0, 0.05) is 18.7 Å². The van der Waals surface area contributed by atoms with Crippen LogP contribution in [0.5, 0.6) is 0 Å². The van der Waals surface area contributed by atoms with Gasteiger partial charge in [-0.3, -0.25) is 9.10 Å². The Morgan fingerprint density at radius 2 is 1.88 bits per heavy atom. The lowest BCUT2D eigenvalue weighted by atomic mass is 10.1. The molecule has 2 aromatic rings. The van der Waals surface area contributed by atoms with Gasteiger partial charge in [0.25, 0.3) is 0 Å². The Kier molecular flexibility index (Phi) is 4.81. The first-order valence-corrected chi connectivity index (χ1v) is 9.94. The Hall–Kier alpha value is -2.34. The van der Waals surface area contributed by atoms with Gasteiger partial charge in [0.1, 0.15) is 0 Å². The van der Waals surface area contributed by atoms with Gasteiger partial charge in [-0.25, -0.2) is 8.42 Å². The first kappa shape index (κ1) is 17.5. The third-order valence-corrected chi connectivity index (χ3v) is 6.42. The summed E-state index contributed by atoms with van der Waals surface area (Å²) in [6, 6.07) is 13.2. The Labute approximate surface area is 148 Å². The van der Waals surface area contributed by atoms with E-state index in [0.29, 0.717) is 13.0 Å². The number of sulfonamides is 1. The zero-order valence-corrected chi connectivity index (χ0v) is 15.3. The number of nitrogens with one attached hydrogen (secondary N) is 1. The van der Waals surface area contributed by atoms with Crippen molar-refractivity contribution in [3.05, 3.63) is 59.2 Å². The molecule has 0 aromatic heterocycles. The molecule has 0 saturated carbocycles. The molecule has 1 aliphatic rings. The highest BCUT2D eigenvalue weighted by Crippen LogP contribution is 2.30. The minimum Gasteiger partial charge on any atom is -0.326 e. The number of aryl methyl sites for hydroxylation is 1. The fraction of sp³-hybridized carbons (Fsp3) is 0.316. The van der Waals surface area contributed by atoms with Crippen molar-refractivity contribution >= 4 is 27.3 Å². The Bertz CT molecular complexity index is 907. The molecule has 1 N–H and O–H groups in total. The summed E-state index contributed by atoms with van der Waals surface area (Å²) >= 11 is 0. The lowest BCUT2D eigenvalue weighted by Crippen LogP contribution is -2.32. The van der Waals surface area contributed by atoms with Crippen LogP contribution >= 0.6 is 0 Å². The number of fused-ring (bicyclic) bond motifs is 1. The van der Waals surface area contributed by atoms with Crippen LogP contribution in [-0.4, -0.2) is 26.6 Å². The van der Waals surface area contributed by atoms with Crippen LogP contribution in [0.4, 0.5) is 11.4 Å². The zero-order chi connectivity index (χ0) is 18.0. The molecule has 5 nitrogen and oxygen atoms in total. The fourth-order valence-electron chi connectivity index (χ4n) is 3.03. The molecule has 3 rings (SSSR count). The lowest BCUT2D eigenvalue weighted by Gasteiger charge is -2.19. The molecule has 1 heterocycles. The summed E-state index contributed by atoms with van der Waals surface area (Å²) in [6.07, 6.45) is 0.651. The van der Waals surface area contributed by atoms with Crippen molar-refractivity contribution in [2.24, 2.45) is 0 Å². The zero-order valence-electron chi connectivity index (χ0n) is 14.5. The second-order valence-electron chi connectivity index (χ2n) is 6.31. The number of carbonyl (C=O) groups is 1. The first-order valence-electron chi connectivity index (χ1n) is 8.33. The lowest BCUT2D eigenvalue weighted by molar-refractivity contribution is -0.115. The Morgan fingerprint density at radius 1 is 1.12 bits per heavy atom. The smallest absolute Gasteiger partial charge is 0.235 e. The molecule has 1 amide bonds. The maximum absolute atomic E-state index is 12.6. The second kappa shape index (κ2) is 6.88. The van der Waals surface area contributed by atoms with Crippen LogP contribution in [0.2, 0.25) is 0 Å². The number of rotatable bonds is 5. The molecule has 2 aromatic carbocycles. The number of benzene rings is 2. The summed E-state index contributed by atoms with van der Waals surface area (Å²) < 4.78 is 26.7. The third-order valence-electron chi connectivity index (χ3n) is 4.65. The van der Waals surface area contributed by atoms with E-state index in [2.05, 4.69) is 5.32 Å². The summed E-state index contributed by atoms with van der Waals surface area (Å²) in [6.45, 7) is 4.35. The highest BCUT2D eigenvalue weighted by molar-refractivity contribution is 7.92. The van der Waals surface area contributed by atoms with Crippen molar-refractivity contribution < 1.29 is 13.2 Å². The highest BCUT2D eigenvalue weighted by Gasteiger charge is 2.29. The van der Waals surface area contributed by atoms with E-state index in [-0.39, 0.29) is 18.1 Å². The molecule has 0 saturated heterocycles. The second-order valence-corrected chi connectivity index (χ2v) is 8.33. The van der Waals surface area contributed by atoms with Gasteiger partial charge in [0.15, 0.2) is 0 Å². The number of amides is 1. The van der Waals surface area contributed by atoms with Gasteiger partial charge in [0.2, 0.25) is 15.9 Å². The van der Waals surface area contributed by atoms with Gasteiger partial charge in [-0.1, -0.05) is 30.3 Å². The number of hydrogen-bond acceptors (Lipinski definition) is 3. The van der Waals surface area contributed by atoms with Crippen LogP contribution in [0.1, 0.15) is 23.1 Å². The monoisotopic (exact) mass is 358 g/mol. The molecule has 1 aliphatic heterocycles.